The van der Waals surface area contributed by atoms with E-state index in [4.69, 9.17) is 23.8 Å². The molecule has 0 spiro atoms. The summed E-state index contributed by atoms with van der Waals surface area (Å²) in [6.07, 6.45) is 0.304. The lowest BCUT2D eigenvalue weighted by molar-refractivity contribution is -0.115. The SMILES string of the molecule is O=C(Cc1ccccc1)Nc1ccc(NC(=S)NC(=O)c2cc(I)ccc2Cl)cc1. The maximum Gasteiger partial charge on any atom is 0.258 e. The summed E-state index contributed by atoms with van der Waals surface area (Å²) in [7, 11) is 0. The molecular formula is C22H17ClIN3O2S. The van der Waals surface area contributed by atoms with Crippen LogP contribution in [0.1, 0.15) is 15.9 Å². The average Bonchev–Trinajstić information content (AvgIpc) is 2.72. The van der Waals surface area contributed by atoms with Crippen molar-refractivity contribution in [3.05, 3.63) is 92.5 Å². The molecule has 0 aromatic heterocycles. The Labute approximate surface area is 198 Å². The molecule has 8 heteroatoms. The molecule has 3 aromatic rings. The van der Waals surface area contributed by atoms with E-state index in [1.54, 1.807) is 36.4 Å². The molecule has 0 aliphatic carbocycles. The first-order valence-electron chi connectivity index (χ1n) is 8.92. The Morgan fingerprint density at radius 2 is 1.53 bits per heavy atom. The highest BCUT2D eigenvalue weighted by molar-refractivity contribution is 14.1. The van der Waals surface area contributed by atoms with E-state index in [2.05, 4.69) is 38.5 Å². The van der Waals surface area contributed by atoms with Gasteiger partial charge in [-0.3, -0.25) is 14.9 Å². The van der Waals surface area contributed by atoms with Crippen LogP contribution in [0.5, 0.6) is 0 Å². The first-order chi connectivity index (χ1) is 14.4. The third-order valence-electron chi connectivity index (χ3n) is 4.03. The Balaban J connectivity index is 1.53. The first kappa shape index (κ1) is 22.2. The predicted molar refractivity (Wildman–Crippen MR) is 133 cm³/mol. The molecule has 152 valence electrons. The number of benzene rings is 3. The van der Waals surface area contributed by atoms with Crippen LogP contribution in [0.4, 0.5) is 11.4 Å². The van der Waals surface area contributed by atoms with Gasteiger partial charge in [0.05, 0.1) is 17.0 Å². The number of rotatable bonds is 5. The number of carbonyl (C=O) groups is 2. The van der Waals surface area contributed by atoms with Gasteiger partial charge in [-0.15, -0.1) is 0 Å². The fourth-order valence-corrected chi connectivity index (χ4v) is 3.53. The van der Waals surface area contributed by atoms with Gasteiger partial charge in [0.25, 0.3) is 5.91 Å². The van der Waals surface area contributed by atoms with Crippen molar-refractivity contribution in [2.24, 2.45) is 0 Å². The summed E-state index contributed by atoms with van der Waals surface area (Å²) in [6, 6.07) is 21.7. The Bertz CT molecular complexity index is 1080. The predicted octanol–water partition coefficient (Wildman–Crippen LogP) is 5.25. The van der Waals surface area contributed by atoms with Crippen molar-refractivity contribution in [3.63, 3.8) is 0 Å². The third kappa shape index (κ3) is 6.51. The maximum absolute atomic E-state index is 12.4. The largest absolute Gasteiger partial charge is 0.332 e. The number of halogens is 2. The zero-order valence-corrected chi connectivity index (χ0v) is 19.3. The summed E-state index contributed by atoms with van der Waals surface area (Å²) in [4.78, 5) is 24.5. The van der Waals surface area contributed by atoms with Gasteiger partial charge in [0.15, 0.2) is 5.11 Å². The Morgan fingerprint density at radius 3 is 2.20 bits per heavy atom. The quantitative estimate of drug-likeness (QED) is 0.300. The van der Waals surface area contributed by atoms with Crippen molar-refractivity contribution in [2.75, 3.05) is 10.6 Å². The molecule has 3 aromatic carbocycles. The van der Waals surface area contributed by atoms with Crippen LogP contribution in [0.2, 0.25) is 5.02 Å². The van der Waals surface area contributed by atoms with Gasteiger partial charge in [-0.2, -0.15) is 0 Å². The van der Waals surface area contributed by atoms with Gasteiger partial charge in [0, 0.05) is 14.9 Å². The molecule has 3 rings (SSSR count). The summed E-state index contributed by atoms with van der Waals surface area (Å²) in [5, 5.41) is 8.90. The molecule has 0 heterocycles. The van der Waals surface area contributed by atoms with Crippen molar-refractivity contribution < 1.29 is 9.59 Å². The molecule has 0 bridgehead atoms. The van der Waals surface area contributed by atoms with Gasteiger partial charge >= 0.3 is 0 Å². The van der Waals surface area contributed by atoms with E-state index in [1.807, 2.05) is 36.4 Å². The lowest BCUT2D eigenvalue weighted by atomic mass is 10.1. The topological polar surface area (TPSA) is 70.2 Å². The minimum Gasteiger partial charge on any atom is -0.332 e. The third-order valence-corrected chi connectivity index (χ3v) is 5.24. The second-order valence-electron chi connectivity index (χ2n) is 6.32. The Hall–Kier alpha value is -2.49. The molecule has 30 heavy (non-hydrogen) atoms. The molecule has 0 aliphatic heterocycles. The summed E-state index contributed by atoms with van der Waals surface area (Å²) in [5.41, 5.74) is 2.64. The number of amides is 2. The Kier molecular flexibility index (Phi) is 7.78. The van der Waals surface area contributed by atoms with Gasteiger partial charge < -0.3 is 10.6 Å². The lowest BCUT2D eigenvalue weighted by Gasteiger charge is -2.11. The van der Waals surface area contributed by atoms with Crippen LogP contribution in [0, 0.1) is 3.57 Å². The van der Waals surface area contributed by atoms with Crippen LogP contribution in [-0.4, -0.2) is 16.9 Å². The summed E-state index contributed by atoms with van der Waals surface area (Å²) in [5.74, 6) is -0.486. The van der Waals surface area contributed by atoms with Crippen molar-refractivity contribution in [1.82, 2.24) is 5.32 Å². The average molecular weight is 550 g/mol. The fourth-order valence-electron chi connectivity index (χ4n) is 2.63. The summed E-state index contributed by atoms with van der Waals surface area (Å²) in [6.45, 7) is 0. The van der Waals surface area contributed by atoms with Crippen molar-refractivity contribution >= 4 is 74.7 Å². The normalized spacial score (nSPS) is 10.2. The molecule has 0 fully saturated rings. The maximum atomic E-state index is 12.4. The minimum absolute atomic E-state index is 0.0981. The number of anilines is 2. The molecule has 0 atom stereocenters. The number of thiocarbonyl (C=S) groups is 1. The highest BCUT2D eigenvalue weighted by Crippen LogP contribution is 2.19. The smallest absolute Gasteiger partial charge is 0.258 e. The number of hydrogen-bond acceptors (Lipinski definition) is 3. The molecule has 5 nitrogen and oxygen atoms in total. The standard InChI is InChI=1S/C22H17ClIN3O2S/c23-19-11-6-15(24)13-18(19)21(29)27-22(30)26-17-9-7-16(8-10-17)25-20(28)12-14-4-2-1-3-5-14/h1-11,13H,12H2,(H,25,28)(H2,26,27,29,30). The molecule has 3 N–H and O–H groups in total. The molecule has 2 amide bonds. The molecule has 0 saturated carbocycles. The van der Waals surface area contributed by atoms with E-state index in [-0.39, 0.29) is 16.9 Å². The summed E-state index contributed by atoms with van der Waals surface area (Å²) < 4.78 is 0.894. The molecular weight excluding hydrogens is 533 g/mol. The van der Waals surface area contributed by atoms with Crippen LogP contribution in [0.25, 0.3) is 0 Å². The van der Waals surface area contributed by atoms with Gasteiger partial charge in [0.1, 0.15) is 0 Å². The van der Waals surface area contributed by atoms with Crippen molar-refractivity contribution in [1.29, 1.82) is 0 Å². The number of carbonyl (C=O) groups excluding carboxylic acids is 2. The molecule has 0 aliphatic rings. The lowest BCUT2D eigenvalue weighted by Crippen LogP contribution is -2.34. The zero-order valence-electron chi connectivity index (χ0n) is 15.6. The fraction of sp³-hybridized carbons (Fsp3) is 0.0455. The molecule has 0 saturated heterocycles. The second-order valence-corrected chi connectivity index (χ2v) is 8.38. The van der Waals surface area contributed by atoms with Crippen LogP contribution < -0.4 is 16.0 Å². The first-order valence-corrected chi connectivity index (χ1v) is 10.8. The van der Waals surface area contributed by atoms with Crippen LogP contribution in [-0.2, 0) is 11.2 Å². The number of nitrogens with one attached hydrogen (secondary N) is 3. The zero-order chi connectivity index (χ0) is 21.5. The van der Waals surface area contributed by atoms with E-state index in [0.717, 1.165) is 9.13 Å². The van der Waals surface area contributed by atoms with E-state index in [0.29, 0.717) is 28.4 Å². The van der Waals surface area contributed by atoms with Gasteiger partial charge in [-0.05, 0) is 82.8 Å². The van der Waals surface area contributed by atoms with Crippen LogP contribution in [0.15, 0.2) is 72.8 Å². The van der Waals surface area contributed by atoms with Gasteiger partial charge in [-0.25, -0.2) is 0 Å². The van der Waals surface area contributed by atoms with E-state index >= 15 is 0 Å². The molecule has 0 unspecified atom stereocenters. The van der Waals surface area contributed by atoms with Crippen LogP contribution >= 0.6 is 46.4 Å². The minimum atomic E-state index is -0.388. The molecule has 0 radical (unpaired) electrons. The van der Waals surface area contributed by atoms with E-state index < -0.39 is 0 Å². The Morgan fingerprint density at radius 1 is 0.900 bits per heavy atom. The highest BCUT2D eigenvalue weighted by Gasteiger charge is 2.12. The number of hydrogen-bond donors (Lipinski definition) is 3. The van der Waals surface area contributed by atoms with Crippen LogP contribution in [0.3, 0.4) is 0 Å². The highest BCUT2D eigenvalue weighted by atomic mass is 127. The van der Waals surface area contributed by atoms with Gasteiger partial charge in [-0.1, -0.05) is 41.9 Å². The van der Waals surface area contributed by atoms with Crippen molar-refractivity contribution in [3.8, 4) is 0 Å². The monoisotopic (exact) mass is 549 g/mol. The van der Waals surface area contributed by atoms with Gasteiger partial charge in [0.2, 0.25) is 5.91 Å². The van der Waals surface area contributed by atoms with E-state index in [1.165, 1.54) is 0 Å². The second kappa shape index (κ2) is 10.5. The van der Waals surface area contributed by atoms with Crippen molar-refractivity contribution in [2.45, 2.75) is 6.42 Å². The van der Waals surface area contributed by atoms with E-state index in [9.17, 15) is 9.59 Å². The summed E-state index contributed by atoms with van der Waals surface area (Å²) >= 11 is 13.4.